The molecular weight excluding hydrogens is 547 g/mol. The SMILES string of the molecule is CC1C(CN2CCCCCCC2)OC(c2ccc(CNC(=O)C(Cl)(Cl)Cl)cc2)OC1c1ccc(CO)cc1. The minimum atomic E-state index is -1.99. The Morgan fingerprint density at radius 1 is 0.921 bits per heavy atom. The van der Waals surface area contributed by atoms with E-state index in [0.29, 0.717) is 0 Å². The molecule has 0 saturated carbocycles. The minimum absolute atomic E-state index is 0.000977. The smallest absolute Gasteiger partial charge is 0.272 e. The van der Waals surface area contributed by atoms with E-state index >= 15 is 0 Å². The fraction of sp³-hybridized carbons (Fsp3) is 0.552. The molecule has 4 rings (SSSR count). The lowest BCUT2D eigenvalue weighted by molar-refractivity contribution is -0.276. The van der Waals surface area contributed by atoms with Crippen LogP contribution in [0, 0.1) is 5.92 Å². The summed E-state index contributed by atoms with van der Waals surface area (Å²) in [5.41, 5.74) is 3.73. The Labute approximate surface area is 240 Å². The van der Waals surface area contributed by atoms with Gasteiger partial charge in [0, 0.05) is 24.6 Å². The van der Waals surface area contributed by atoms with Crippen molar-refractivity contribution in [3.05, 3.63) is 70.8 Å². The molecule has 2 saturated heterocycles. The van der Waals surface area contributed by atoms with E-state index in [1.807, 2.05) is 48.5 Å². The van der Waals surface area contributed by atoms with Crippen LogP contribution in [0.5, 0.6) is 0 Å². The Morgan fingerprint density at radius 3 is 2.11 bits per heavy atom. The van der Waals surface area contributed by atoms with Crippen LogP contribution in [0.25, 0.3) is 0 Å². The summed E-state index contributed by atoms with van der Waals surface area (Å²) in [7, 11) is 0. The summed E-state index contributed by atoms with van der Waals surface area (Å²) in [6, 6.07) is 15.7. The maximum atomic E-state index is 11.9. The number of nitrogens with zero attached hydrogens (tertiary/aromatic N) is 1. The molecule has 2 heterocycles. The van der Waals surface area contributed by atoms with Crippen LogP contribution in [0.3, 0.4) is 0 Å². The van der Waals surface area contributed by atoms with E-state index in [1.54, 1.807) is 0 Å². The number of likely N-dealkylation sites (tertiary alicyclic amines) is 1. The van der Waals surface area contributed by atoms with Gasteiger partial charge in [-0.1, -0.05) is 110 Å². The molecule has 9 heteroatoms. The van der Waals surface area contributed by atoms with Gasteiger partial charge in [-0.2, -0.15) is 0 Å². The van der Waals surface area contributed by atoms with Crippen molar-refractivity contribution in [3.8, 4) is 0 Å². The van der Waals surface area contributed by atoms with Gasteiger partial charge in [-0.05, 0) is 42.6 Å². The molecule has 2 aliphatic heterocycles. The largest absolute Gasteiger partial charge is 0.392 e. The van der Waals surface area contributed by atoms with E-state index in [4.69, 9.17) is 44.3 Å². The zero-order valence-electron chi connectivity index (χ0n) is 21.8. The van der Waals surface area contributed by atoms with Gasteiger partial charge < -0.3 is 24.8 Å². The maximum absolute atomic E-state index is 11.9. The number of ether oxygens (including phenoxy) is 2. The lowest BCUT2D eigenvalue weighted by atomic mass is 9.89. The first-order chi connectivity index (χ1) is 18.2. The molecule has 6 nitrogen and oxygen atoms in total. The van der Waals surface area contributed by atoms with Crippen molar-refractivity contribution < 1.29 is 19.4 Å². The number of amides is 1. The third-order valence-electron chi connectivity index (χ3n) is 7.47. The number of aliphatic hydroxyl groups excluding tert-OH is 1. The molecule has 0 bridgehead atoms. The minimum Gasteiger partial charge on any atom is -0.392 e. The lowest BCUT2D eigenvalue weighted by Crippen LogP contribution is -2.45. The Balaban J connectivity index is 1.51. The average Bonchev–Trinajstić information content (AvgIpc) is 2.89. The standard InChI is InChI=1S/C29H37Cl3N2O4/c1-20-25(18-34-15-5-3-2-4-6-16-34)37-27(38-26(20)23-11-9-22(19-35)10-12-23)24-13-7-21(8-14-24)17-33-28(36)29(30,31)32/h7-14,20,25-27,35H,2-6,15-19H2,1H3,(H,33,36). The van der Waals surface area contributed by atoms with E-state index < -0.39 is 16.0 Å². The van der Waals surface area contributed by atoms with Gasteiger partial charge in [0.15, 0.2) is 6.29 Å². The molecule has 2 fully saturated rings. The van der Waals surface area contributed by atoms with Crippen LogP contribution in [0.4, 0.5) is 0 Å². The fourth-order valence-corrected chi connectivity index (χ4v) is 5.35. The van der Waals surface area contributed by atoms with Crippen molar-refractivity contribution in [1.82, 2.24) is 10.2 Å². The summed E-state index contributed by atoms with van der Waals surface area (Å²) < 4.78 is 11.2. The van der Waals surface area contributed by atoms with Gasteiger partial charge in [-0.15, -0.1) is 0 Å². The summed E-state index contributed by atoms with van der Waals surface area (Å²) in [6.45, 7) is 5.53. The van der Waals surface area contributed by atoms with Gasteiger partial charge in [0.05, 0.1) is 18.8 Å². The van der Waals surface area contributed by atoms with Crippen LogP contribution < -0.4 is 5.32 Å². The molecule has 1 amide bonds. The fourth-order valence-electron chi connectivity index (χ4n) is 5.15. The Morgan fingerprint density at radius 2 is 1.50 bits per heavy atom. The molecule has 2 N–H and O–H groups in total. The molecule has 0 aliphatic carbocycles. The predicted molar refractivity (Wildman–Crippen MR) is 151 cm³/mol. The van der Waals surface area contributed by atoms with E-state index in [1.165, 1.54) is 32.1 Å². The Hall–Kier alpha value is -1.38. The number of nitrogens with one attached hydrogen (secondary N) is 1. The summed E-state index contributed by atoms with van der Waals surface area (Å²) >= 11 is 16.9. The van der Waals surface area contributed by atoms with Crippen LogP contribution >= 0.6 is 34.8 Å². The molecule has 4 atom stereocenters. The lowest BCUT2D eigenvalue weighted by Gasteiger charge is -2.43. The monoisotopic (exact) mass is 582 g/mol. The van der Waals surface area contributed by atoms with Crippen molar-refractivity contribution in [1.29, 1.82) is 0 Å². The Bertz CT molecular complexity index is 1020. The van der Waals surface area contributed by atoms with Gasteiger partial charge in [-0.3, -0.25) is 4.79 Å². The first kappa shape index (κ1) is 29.6. The second-order valence-electron chi connectivity index (χ2n) is 10.3. The number of benzene rings is 2. The third-order valence-corrected chi connectivity index (χ3v) is 7.99. The van der Waals surface area contributed by atoms with Gasteiger partial charge in [0.1, 0.15) is 0 Å². The van der Waals surface area contributed by atoms with Gasteiger partial charge in [-0.25, -0.2) is 0 Å². The van der Waals surface area contributed by atoms with Crippen molar-refractivity contribution >= 4 is 40.7 Å². The average molecular weight is 584 g/mol. The van der Waals surface area contributed by atoms with Crippen LogP contribution in [0.1, 0.15) is 73.7 Å². The molecule has 208 valence electrons. The topological polar surface area (TPSA) is 71.0 Å². The first-order valence-electron chi connectivity index (χ1n) is 13.4. The number of aliphatic hydroxyl groups is 1. The van der Waals surface area contributed by atoms with Crippen LogP contribution in [-0.2, 0) is 27.4 Å². The highest BCUT2D eigenvalue weighted by Crippen LogP contribution is 2.42. The molecule has 0 radical (unpaired) electrons. The highest BCUT2D eigenvalue weighted by molar-refractivity contribution is 6.76. The number of rotatable bonds is 7. The van der Waals surface area contributed by atoms with Gasteiger partial charge in [0.2, 0.25) is 0 Å². The second-order valence-corrected chi connectivity index (χ2v) is 12.6. The van der Waals surface area contributed by atoms with Crippen molar-refractivity contribution in [2.75, 3.05) is 19.6 Å². The second kappa shape index (κ2) is 13.8. The number of hydrogen-bond donors (Lipinski definition) is 2. The number of hydrogen-bond acceptors (Lipinski definition) is 5. The summed E-state index contributed by atoms with van der Waals surface area (Å²) in [5.74, 6) is -0.519. The van der Waals surface area contributed by atoms with Crippen molar-refractivity contribution in [3.63, 3.8) is 0 Å². The third kappa shape index (κ3) is 8.07. The zero-order valence-corrected chi connectivity index (χ0v) is 24.0. The highest BCUT2D eigenvalue weighted by atomic mass is 35.6. The summed E-state index contributed by atoms with van der Waals surface area (Å²) in [6.07, 6.45) is 5.68. The van der Waals surface area contributed by atoms with Crippen LogP contribution in [0.15, 0.2) is 48.5 Å². The molecule has 0 aromatic heterocycles. The van der Waals surface area contributed by atoms with Crippen LogP contribution in [0.2, 0.25) is 0 Å². The molecule has 38 heavy (non-hydrogen) atoms. The quantitative estimate of drug-likeness (QED) is 0.379. The Kier molecular flexibility index (Phi) is 10.7. The first-order valence-corrected chi connectivity index (χ1v) is 14.5. The maximum Gasteiger partial charge on any atom is 0.272 e. The highest BCUT2D eigenvalue weighted by Gasteiger charge is 2.39. The van der Waals surface area contributed by atoms with Crippen LogP contribution in [-0.4, -0.2) is 45.4 Å². The van der Waals surface area contributed by atoms with E-state index in [0.717, 1.165) is 41.9 Å². The summed E-state index contributed by atoms with van der Waals surface area (Å²) in [4.78, 5) is 14.4. The van der Waals surface area contributed by atoms with E-state index in [2.05, 4.69) is 17.1 Å². The molecular formula is C29H37Cl3N2O4. The van der Waals surface area contributed by atoms with Crippen molar-refractivity contribution in [2.24, 2.45) is 5.92 Å². The molecule has 2 aromatic rings. The molecule has 4 unspecified atom stereocenters. The molecule has 2 aliphatic rings. The molecule has 0 spiro atoms. The van der Waals surface area contributed by atoms with Gasteiger partial charge >= 0.3 is 0 Å². The zero-order chi connectivity index (χ0) is 27.1. The van der Waals surface area contributed by atoms with Gasteiger partial charge in [0.25, 0.3) is 9.70 Å². The van der Waals surface area contributed by atoms with E-state index in [9.17, 15) is 9.90 Å². The number of alkyl halides is 3. The number of halogens is 3. The number of carbonyl (C=O) groups excluding carboxylic acids is 1. The molecule has 2 aromatic carbocycles. The summed E-state index contributed by atoms with van der Waals surface area (Å²) in [5, 5.41) is 12.1. The van der Waals surface area contributed by atoms with Crippen molar-refractivity contribution in [2.45, 2.75) is 74.5 Å². The predicted octanol–water partition coefficient (Wildman–Crippen LogP) is 6.22. The van der Waals surface area contributed by atoms with E-state index in [-0.39, 0.29) is 31.3 Å². The normalized spacial score (nSPS) is 25.4. The number of carbonyl (C=O) groups is 1.